The van der Waals surface area contributed by atoms with Crippen molar-refractivity contribution in [3.63, 3.8) is 0 Å². The number of phenolic OH excluding ortho intramolecular Hbond substituents is 1. The monoisotopic (exact) mass is 368 g/mol. The molecule has 1 aliphatic rings. The van der Waals surface area contributed by atoms with E-state index in [1.165, 1.54) is 18.2 Å². The molecule has 0 fully saturated rings. The molecule has 3 N–H and O–H groups in total. The maximum atomic E-state index is 13.3. The number of amides is 1. The lowest BCUT2D eigenvalue weighted by Crippen LogP contribution is -2.41. The van der Waals surface area contributed by atoms with E-state index in [0.29, 0.717) is 12.6 Å². The van der Waals surface area contributed by atoms with Crippen LogP contribution in [-0.4, -0.2) is 29.8 Å². The van der Waals surface area contributed by atoms with Gasteiger partial charge in [0.2, 0.25) is 0 Å². The van der Waals surface area contributed by atoms with Crippen LogP contribution in [-0.2, 0) is 4.79 Å². The number of hydrogen-bond donors (Lipinski definition) is 3. The molecule has 0 aromatic heterocycles. The molecule has 1 aliphatic heterocycles. The van der Waals surface area contributed by atoms with E-state index in [4.69, 9.17) is 4.74 Å². The number of nitrogens with one attached hydrogen (secondary N) is 2. The average molecular weight is 368 g/mol. The molecular formula is C17H15F3N2O4. The Labute approximate surface area is 146 Å². The maximum absolute atomic E-state index is 13.3. The molecule has 9 heteroatoms. The van der Waals surface area contributed by atoms with Crippen molar-refractivity contribution >= 4 is 17.3 Å². The van der Waals surface area contributed by atoms with Gasteiger partial charge in [0, 0.05) is 24.7 Å². The van der Waals surface area contributed by atoms with Crippen molar-refractivity contribution in [2.24, 2.45) is 0 Å². The number of anilines is 2. The molecule has 3 rings (SSSR count). The number of ether oxygens (including phenoxy) is 2. The average Bonchev–Trinajstić information content (AvgIpc) is 2.56. The molecular weight excluding hydrogens is 353 g/mol. The molecule has 1 atom stereocenters. The summed E-state index contributed by atoms with van der Waals surface area (Å²) in [4.78, 5) is 12.3. The van der Waals surface area contributed by atoms with Gasteiger partial charge in [-0.2, -0.15) is 8.78 Å². The number of rotatable bonds is 4. The summed E-state index contributed by atoms with van der Waals surface area (Å²) < 4.78 is 49.0. The van der Waals surface area contributed by atoms with Crippen LogP contribution in [0.15, 0.2) is 36.4 Å². The Kier molecular flexibility index (Phi) is 4.54. The van der Waals surface area contributed by atoms with Crippen molar-refractivity contribution in [1.82, 2.24) is 0 Å². The highest BCUT2D eigenvalue weighted by Crippen LogP contribution is 2.33. The second-order valence-corrected chi connectivity index (χ2v) is 5.71. The number of carbonyl (C=O) groups excluding carboxylic acids is 1. The largest absolute Gasteiger partial charge is 0.504 e. The Bertz CT molecular complexity index is 839. The zero-order chi connectivity index (χ0) is 18.9. The molecule has 2 aromatic carbocycles. The van der Waals surface area contributed by atoms with Gasteiger partial charge in [-0.1, -0.05) is 0 Å². The zero-order valence-corrected chi connectivity index (χ0v) is 13.6. The zero-order valence-electron chi connectivity index (χ0n) is 13.6. The first-order valence-electron chi connectivity index (χ1n) is 7.62. The van der Waals surface area contributed by atoms with Gasteiger partial charge in [-0.05, 0) is 24.3 Å². The van der Waals surface area contributed by atoms with Crippen LogP contribution in [0.1, 0.15) is 6.92 Å². The Hall–Kier alpha value is -3.10. The summed E-state index contributed by atoms with van der Waals surface area (Å²) >= 11 is 0. The predicted molar refractivity (Wildman–Crippen MR) is 87.3 cm³/mol. The van der Waals surface area contributed by atoms with Crippen molar-refractivity contribution in [2.75, 3.05) is 17.2 Å². The third-order valence-corrected chi connectivity index (χ3v) is 3.50. The number of halogens is 3. The summed E-state index contributed by atoms with van der Waals surface area (Å²) in [7, 11) is 0. The van der Waals surface area contributed by atoms with Gasteiger partial charge in [0.15, 0.2) is 17.6 Å². The Morgan fingerprint density at radius 3 is 2.85 bits per heavy atom. The van der Waals surface area contributed by atoms with E-state index in [1.54, 1.807) is 0 Å². The first kappa shape index (κ1) is 17.7. The normalized spacial score (nSPS) is 16.1. The van der Waals surface area contributed by atoms with Crippen LogP contribution in [0.3, 0.4) is 0 Å². The molecule has 0 saturated carbocycles. The fourth-order valence-corrected chi connectivity index (χ4v) is 2.37. The minimum atomic E-state index is -3.50. The second kappa shape index (κ2) is 6.66. The van der Waals surface area contributed by atoms with Gasteiger partial charge in [-0.15, -0.1) is 0 Å². The van der Waals surface area contributed by atoms with Crippen LogP contribution in [0.2, 0.25) is 0 Å². The molecule has 6 nitrogen and oxygen atoms in total. The van der Waals surface area contributed by atoms with Gasteiger partial charge in [0.1, 0.15) is 11.6 Å². The summed E-state index contributed by atoms with van der Waals surface area (Å²) in [6.45, 7) is 0.661. The van der Waals surface area contributed by atoms with E-state index >= 15 is 0 Å². The number of benzene rings is 2. The summed E-state index contributed by atoms with van der Waals surface area (Å²) in [5.41, 5.74) is 0.682. The topological polar surface area (TPSA) is 79.8 Å². The molecule has 1 unspecified atom stereocenters. The van der Waals surface area contributed by atoms with E-state index in [0.717, 1.165) is 18.2 Å². The fraction of sp³-hybridized carbons (Fsp3) is 0.235. The number of alkyl halides is 2. The maximum Gasteiger partial charge on any atom is 0.395 e. The summed E-state index contributed by atoms with van der Waals surface area (Å²) in [6.07, 6.45) is -4.46. The lowest BCUT2D eigenvalue weighted by Gasteiger charge is -2.26. The van der Waals surface area contributed by atoms with Crippen LogP contribution < -0.4 is 20.1 Å². The Morgan fingerprint density at radius 2 is 2.12 bits per heavy atom. The number of aromatic hydroxyl groups is 1. The van der Waals surface area contributed by atoms with Crippen molar-refractivity contribution in [3.8, 4) is 17.2 Å². The third kappa shape index (κ3) is 4.11. The first-order valence-corrected chi connectivity index (χ1v) is 7.62. The highest BCUT2D eigenvalue weighted by molar-refractivity contribution is 5.95. The molecule has 2 aromatic rings. The van der Waals surface area contributed by atoms with Gasteiger partial charge in [-0.3, -0.25) is 4.79 Å². The third-order valence-electron chi connectivity index (χ3n) is 3.50. The van der Waals surface area contributed by atoms with Crippen molar-refractivity contribution in [1.29, 1.82) is 0 Å². The summed E-state index contributed by atoms with van der Waals surface area (Å²) in [5.74, 6) is -1.87. The molecule has 26 heavy (non-hydrogen) atoms. The lowest BCUT2D eigenvalue weighted by atomic mass is 10.2. The number of phenols is 1. The second-order valence-electron chi connectivity index (χ2n) is 5.71. The van der Waals surface area contributed by atoms with Crippen LogP contribution in [0, 0.1) is 5.82 Å². The molecule has 138 valence electrons. The van der Waals surface area contributed by atoms with Crippen LogP contribution in [0.25, 0.3) is 0 Å². The first-order chi connectivity index (χ1) is 12.2. The van der Waals surface area contributed by atoms with Gasteiger partial charge in [0.05, 0.1) is 12.2 Å². The Morgan fingerprint density at radius 1 is 1.35 bits per heavy atom. The minimum absolute atomic E-state index is 0.126. The molecule has 1 amide bonds. The van der Waals surface area contributed by atoms with Gasteiger partial charge in [-0.25, -0.2) is 4.39 Å². The molecule has 0 spiro atoms. The molecule has 0 radical (unpaired) electrons. The number of hydrogen-bond acceptors (Lipinski definition) is 5. The highest BCUT2D eigenvalue weighted by Gasteiger charge is 2.28. The minimum Gasteiger partial charge on any atom is -0.504 e. The molecule has 1 heterocycles. The van der Waals surface area contributed by atoms with Crippen molar-refractivity contribution < 1.29 is 32.5 Å². The predicted octanol–water partition coefficient (Wildman–Crippen LogP) is 3.33. The number of carbonyl (C=O) groups is 1. The van der Waals surface area contributed by atoms with E-state index in [-0.39, 0.29) is 18.0 Å². The Balaban J connectivity index is 1.71. The van der Waals surface area contributed by atoms with E-state index in [1.807, 2.05) is 0 Å². The van der Waals surface area contributed by atoms with Gasteiger partial charge >= 0.3 is 6.11 Å². The van der Waals surface area contributed by atoms with Crippen molar-refractivity contribution in [3.05, 3.63) is 42.2 Å². The molecule has 0 saturated heterocycles. The molecule has 0 aliphatic carbocycles. The van der Waals surface area contributed by atoms with Crippen LogP contribution in [0.4, 0.5) is 24.5 Å². The van der Waals surface area contributed by atoms with Gasteiger partial charge in [0.25, 0.3) is 5.91 Å². The summed E-state index contributed by atoms with van der Waals surface area (Å²) in [6, 6.07) is 7.40. The van der Waals surface area contributed by atoms with Crippen molar-refractivity contribution in [2.45, 2.75) is 19.1 Å². The summed E-state index contributed by atoms with van der Waals surface area (Å²) in [5, 5.41) is 15.0. The highest BCUT2D eigenvalue weighted by atomic mass is 19.3. The lowest BCUT2D eigenvalue weighted by molar-refractivity contribution is -0.159. The SMILES string of the molecule is CC(F)(F)Oc1cc(NC(=O)C2CNc3ccc(F)cc3O2)ccc1O. The number of fused-ring (bicyclic) bond motifs is 1. The van der Waals surface area contributed by atoms with E-state index < -0.39 is 35.4 Å². The quantitative estimate of drug-likeness (QED) is 0.722. The van der Waals surface area contributed by atoms with Crippen LogP contribution >= 0.6 is 0 Å². The fourth-order valence-electron chi connectivity index (χ4n) is 2.37. The van der Waals surface area contributed by atoms with Crippen LogP contribution in [0.5, 0.6) is 17.2 Å². The smallest absolute Gasteiger partial charge is 0.395 e. The van der Waals surface area contributed by atoms with Gasteiger partial charge < -0.3 is 25.2 Å². The van der Waals surface area contributed by atoms with E-state index in [2.05, 4.69) is 15.4 Å². The van der Waals surface area contributed by atoms with E-state index in [9.17, 15) is 23.1 Å². The molecule has 0 bridgehead atoms. The standard InChI is InChI=1S/C17H15F3N2O4/c1-17(19,20)26-14-7-10(3-5-12(14)23)22-16(24)15-8-21-11-4-2-9(18)6-13(11)25-15/h2-7,15,21,23H,8H2,1H3,(H,22,24).